The molecule has 0 saturated heterocycles. The zero-order valence-electron chi connectivity index (χ0n) is 12.6. The number of imidazole rings is 1. The lowest BCUT2D eigenvalue weighted by atomic mass is 10.1. The van der Waals surface area contributed by atoms with Crippen molar-refractivity contribution in [2.24, 2.45) is 7.05 Å². The fourth-order valence-corrected chi connectivity index (χ4v) is 2.59. The first-order valence-corrected chi connectivity index (χ1v) is 6.81. The number of hydrogen-bond acceptors (Lipinski definition) is 3. The van der Waals surface area contributed by atoms with Crippen LogP contribution in [0.5, 0.6) is 5.75 Å². The van der Waals surface area contributed by atoms with Gasteiger partial charge in [-0.15, -0.1) is 13.2 Å². The SMILES string of the molecule is C=C1c2ncn(C)c2C(C)=CN1c1ccc(OC(F)(F)F)cc1. The van der Waals surface area contributed by atoms with E-state index in [9.17, 15) is 13.2 Å². The summed E-state index contributed by atoms with van der Waals surface area (Å²) in [5.74, 6) is -0.261. The summed E-state index contributed by atoms with van der Waals surface area (Å²) in [5.41, 5.74) is 4.06. The van der Waals surface area contributed by atoms with E-state index in [2.05, 4.69) is 16.3 Å². The molecule has 7 heteroatoms. The second-order valence-corrected chi connectivity index (χ2v) is 5.22. The smallest absolute Gasteiger partial charge is 0.406 e. The number of aryl methyl sites for hydroxylation is 1. The summed E-state index contributed by atoms with van der Waals surface area (Å²) in [6.45, 7) is 5.98. The van der Waals surface area contributed by atoms with Crippen LogP contribution in [-0.4, -0.2) is 15.9 Å². The van der Waals surface area contributed by atoms with Crippen LogP contribution in [0.1, 0.15) is 18.3 Å². The van der Waals surface area contributed by atoms with E-state index in [1.807, 2.05) is 24.7 Å². The monoisotopic (exact) mass is 321 g/mol. The van der Waals surface area contributed by atoms with E-state index < -0.39 is 6.36 Å². The predicted molar refractivity (Wildman–Crippen MR) is 81.5 cm³/mol. The highest BCUT2D eigenvalue weighted by Crippen LogP contribution is 2.36. The minimum Gasteiger partial charge on any atom is -0.406 e. The first kappa shape index (κ1) is 15.2. The van der Waals surface area contributed by atoms with Gasteiger partial charge in [0.2, 0.25) is 0 Å². The average molecular weight is 321 g/mol. The molecule has 0 atom stereocenters. The Morgan fingerprint density at radius 3 is 2.43 bits per heavy atom. The number of halogens is 3. The van der Waals surface area contributed by atoms with Crippen molar-refractivity contribution >= 4 is 17.0 Å². The highest BCUT2D eigenvalue weighted by Gasteiger charge is 2.31. The Balaban J connectivity index is 1.91. The Morgan fingerprint density at radius 2 is 1.83 bits per heavy atom. The molecule has 1 aliphatic heterocycles. The summed E-state index contributed by atoms with van der Waals surface area (Å²) in [7, 11) is 1.90. The van der Waals surface area contributed by atoms with E-state index in [-0.39, 0.29) is 5.75 Å². The van der Waals surface area contributed by atoms with E-state index in [4.69, 9.17) is 0 Å². The van der Waals surface area contributed by atoms with Crippen molar-refractivity contribution in [3.8, 4) is 5.75 Å². The Hall–Kier alpha value is -2.70. The van der Waals surface area contributed by atoms with Crippen molar-refractivity contribution in [2.75, 3.05) is 4.90 Å². The molecule has 4 nitrogen and oxygen atoms in total. The Kier molecular flexibility index (Phi) is 3.43. The Bertz CT molecular complexity index is 788. The van der Waals surface area contributed by atoms with Crippen molar-refractivity contribution in [2.45, 2.75) is 13.3 Å². The molecule has 0 aliphatic carbocycles. The quantitative estimate of drug-likeness (QED) is 0.831. The normalized spacial score (nSPS) is 14.6. The van der Waals surface area contributed by atoms with Crippen molar-refractivity contribution in [3.63, 3.8) is 0 Å². The van der Waals surface area contributed by atoms with Gasteiger partial charge in [-0.05, 0) is 36.8 Å². The fourth-order valence-electron chi connectivity index (χ4n) is 2.59. The molecular formula is C16H14F3N3O. The van der Waals surface area contributed by atoms with Crippen molar-refractivity contribution in [1.29, 1.82) is 0 Å². The molecule has 3 rings (SSSR count). The number of ether oxygens (including phenoxy) is 1. The van der Waals surface area contributed by atoms with Crippen LogP contribution in [0.15, 0.2) is 43.4 Å². The molecule has 0 radical (unpaired) electrons. The fraction of sp³-hybridized carbons (Fsp3) is 0.188. The van der Waals surface area contributed by atoms with E-state index in [1.54, 1.807) is 23.4 Å². The van der Waals surface area contributed by atoms with E-state index in [0.717, 1.165) is 17.0 Å². The molecule has 2 aromatic rings. The van der Waals surface area contributed by atoms with Crippen LogP contribution < -0.4 is 9.64 Å². The van der Waals surface area contributed by atoms with Gasteiger partial charge < -0.3 is 14.2 Å². The molecule has 23 heavy (non-hydrogen) atoms. The molecule has 120 valence electrons. The number of alkyl halides is 3. The number of fused-ring (bicyclic) bond motifs is 1. The van der Waals surface area contributed by atoms with Gasteiger partial charge in [-0.25, -0.2) is 4.98 Å². The van der Waals surface area contributed by atoms with Crippen LogP contribution in [0.25, 0.3) is 11.3 Å². The van der Waals surface area contributed by atoms with Crippen molar-refractivity contribution in [3.05, 3.63) is 54.8 Å². The highest BCUT2D eigenvalue weighted by atomic mass is 19.4. The molecule has 0 saturated carbocycles. The van der Waals surface area contributed by atoms with Gasteiger partial charge in [0.05, 0.1) is 17.7 Å². The van der Waals surface area contributed by atoms with Crippen LogP contribution in [0.2, 0.25) is 0 Å². The minimum absolute atomic E-state index is 0.261. The summed E-state index contributed by atoms with van der Waals surface area (Å²) < 4.78 is 42.4. The predicted octanol–water partition coefficient (Wildman–Crippen LogP) is 4.17. The van der Waals surface area contributed by atoms with E-state index in [1.165, 1.54) is 12.1 Å². The number of nitrogens with zero attached hydrogens (tertiary/aromatic N) is 3. The molecule has 0 unspecified atom stereocenters. The standard InChI is InChI=1S/C16H14F3N3O/c1-10-8-22(11(2)14-15(10)21(3)9-20-14)12-4-6-13(7-5-12)23-16(17,18)19/h4-9H,2H2,1,3H3. The van der Waals surface area contributed by atoms with Gasteiger partial charge in [0.1, 0.15) is 11.4 Å². The maximum atomic E-state index is 12.2. The third-order valence-electron chi connectivity index (χ3n) is 3.55. The molecule has 0 fully saturated rings. The molecule has 1 aliphatic rings. The second kappa shape index (κ2) is 5.19. The first-order chi connectivity index (χ1) is 10.8. The number of aromatic nitrogens is 2. The third-order valence-corrected chi connectivity index (χ3v) is 3.55. The molecular weight excluding hydrogens is 307 g/mol. The van der Waals surface area contributed by atoms with Crippen LogP contribution in [-0.2, 0) is 7.05 Å². The summed E-state index contributed by atoms with van der Waals surface area (Å²) in [4.78, 5) is 6.13. The van der Waals surface area contributed by atoms with E-state index in [0.29, 0.717) is 11.4 Å². The molecule has 0 bridgehead atoms. The lowest BCUT2D eigenvalue weighted by Gasteiger charge is -2.28. The van der Waals surface area contributed by atoms with Gasteiger partial charge in [0.15, 0.2) is 0 Å². The molecule has 1 aromatic carbocycles. The van der Waals surface area contributed by atoms with Gasteiger partial charge in [0, 0.05) is 18.9 Å². The second-order valence-electron chi connectivity index (χ2n) is 5.22. The van der Waals surface area contributed by atoms with Gasteiger partial charge in [-0.3, -0.25) is 0 Å². The zero-order chi connectivity index (χ0) is 16.8. The summed E-state index contributed by atoms with van der Waals surface area (Å²) in [5, 5.41) is 0. The largest absolute Gasteiger partial charge is 0.573 e. The first-order valence-electron chi connectivity index (χ1n) is 6.81. The third kappa shape index (κ3) is 2.81. The lowest BCUT2D eigenvalue weighted by molar-refractivity contribution is -0.274. The van der Waals surface area contributed by atoms with Gasteiger partial charge in [-0.1, -0.05) is 6.58 Å². The number of anilines is 1. The topological polar surface area (TPSA) is 30.3 Å². The van der Waals surface area contributed by atoms with Crippen LogP contribution in [0.4, 0.5) is 18.9 Å². The van der Waals surface area contributed by atoms with Crippen molar-refractivity contribution in [1.82, 2.24) is 9.55 Å². The Labute approximate surface area is 131 Å². The van der Waals surface area contributed by atoms with Crippen molar-refractivity contribution < 1.29 is 17.9 Å². The van der Waals surface area contributed by atoms with Crippen LogP contribution in [0, 0.1) is 0 Å². The maximum Gasteiger partial charge on any atom is 0.573 e. The Morgan fingerprint density at radius 1 is 1.17 bits per heavy atom. The molecule has 0 amide bonds. The number of benzene rings is 1. The van der Waals surface area contributed by atoms with Crippen LogP contribution in [0.3, 0.4) is 0 Å². The highest BCUT2D eigenvalue weighted by molar-refractivity contribution is 5.90. The summed E-state index contributed by atoms with van der Waals surface area (Å²) >= 11 is 0. The number of rotatable bonds is 2. The molecule has 2 heterocycles. The maximum absolute atomic E-state index is 12.2. The minimum atomic E-state index is -4.70. The molecule has 0 N–H and O–H groups in total. The molecule has 0 spiro atoms. The van der Waals surface area contributed by atoms with Crippen LogP contribution >= 0.6 is 0 Å². The van der Waals surface area contributed by atoms with Gasteiger partial charge >= 0.3 is 6.36 Å². The number of allylic oxidation sites excluding steroid dienone is 1. The average Bonchev–Trinajstić information content (AvgIpc) is 2.85. The number of hydrogen-bond donors (Lipinski definition) is 0. The molecule has 1 aromatic heterocycles. The van der Waals surface area contributed by atoms with Gasteiger partial charge in [0.25, 0.3) is 0 Å². The van der Waals surface area contributed by atoms with E-state index >= 15 is 0 Å². The zero-order valence-corrected chi connectivity index (χ0v) is 12.6. The summed E-state index contributed by atoms with van der Waals surface area (Å²) in [6.07, 6.45) is -1.11. The lowest BCUT2D eigenvalue weighted by Crippen LogP contribution is -2.20. The van der Waals surface area contributed by atoms with Gasteiger partial charge in [-0.2, -0.15) is 0 Å². The summed E-state index contributed by atoms with van der Waals surface area (Å²) in [6, 6.07) is 5.63.